The first-order chi connectivity index (χ1) is 7.77. The van der Waals surface area contributed by atoms with Crippen molar-refractivity contribution in [1.29, 1.82) is 0 Å². The monoisotopic (exact) mass is 227 g/mol. The maximum Gasteiger partial charge on any atom is 0.307 e. The van der Waals surface area contributed by atoms with Gasteiger partial charge >= 0.3 is 5.97 Å². The fourth-order valence-electron chi connectivity index (χ4n) is 2.49. The number of rotatable bonds is 7. The highest BCUT2D eigenvalue weighted by molar-refractivity contribution is 5.70. The molecule has 0 aliphatic heterocycles. The van der Waals surface area contributed by atoms with Crippen molar-refractivity contribution < 1.29 is 9.53 Å². The molecule has 94 valence electrons. The van der Waals surface area contributed by atoms with E-state index >= 15 is 0 Å². The van der Waals surface area contributed by atoms with Crippen LogP contribution in [-0.4, -0.2) is 25.2 Å². The predicted molar refractivity (Wildman–Crippen MR) is 65.3 cm³/mol. The smallest absolute Gasteiger partial charge is 0.307 e. The molecule has 1 atom stereocenters. The summed E-state index contributed by atoms with van der Waals surface area (Å²) < 4.78 is 5.03. The summed E-state index contributed by atoms with van der Waals surface area (Å²) in [5.74, 6) is 0.624. The van der Waals surface area contributed by atoms with E-state index in [0.717, 1.165) is 13.0 Å². The van der Waals surface area contributed by atoms with Crippen molar-refractivity contribution in [3.05, 3.63) is 0 Å². The molecular formula is C13H25NO2. The molecule has 0 aromatic carbocycles. The van der Waals surface area contributed by atoms with Crippen LogP contribution in [0.5, 0.6) is 0 Å². The lowest BCUT2D eigenvalue weighted by Crippen LogP contribution is -2.38. The van der Waals surface area contributed by atoms with Gasteiger partial charge in [0.15, 0.2) is 0 Å². The fourth-order valence-corrected chi connectivity index (χ4v) is 2.49. The van der Waals surface area contributed by atoms with Crippen molar-refractivity contribution in [1.82, 2.24) is 5.32 Å². The number of ether oxygens (including phenoxy) is 1. The molecule has 1 aliphatic carbocycles. The molecule has 1 aliphatic rings. The van der Waals surface area contributed by atoms with Crippen molar-refractivity contribution in [3.8, 4) is 0 Å². The minimum atomic E-state index is -0.0528. The molecule has 0 radical (unpaired) electrons. The van der Waals surface area contributed by atoms with Gasteiger partial charge in [-0.15, -0.1) is 0 Å². The first-order valence-electron chi connectivity index (χ1n) is 6.66. The molecule has 1 rings (SSSR count). The fraction of sp³-hybridized carbons (Fsp3) is 0.923. The Kier molecular flexibility index (Phi) is 6.46. The highest BCUT2D eigenvalue weighted by Crippen LogP contribution is 2.29. The van der Waals surface area contributed by atoms with E-state index in [0.29, 0.717) is 25.0 Å². The summed E-state index contributed by atoms with van der Waals surface area (Å²) in [4.78, 5) is 11.5. The molecule has 1 unspecified atom stereocenters. The first-order valence-corrected chi connectivity index (χ1v) is 6.66. The molecule has 0 aromatic rings. The Morgan fingerprint density at radius 1 is 1.38 bits per heavy atom. The van der Waals surface area contributed by atoms with Gasteiger partial charge in [0, 0.05) is 6.04 Å². The maximum absolute atomic E-state index is 11.5. The van der Waals surface area contributed by atoms with Gasteiger partial charge in [-0.05, 0) is 38.6 Å². The molecule has 0 heterocycles. The zero-order valence-electron chi connectivity index (χ0n) is 10.6. The van der Waals surface area contributed by atoms with Crippen molar-refractivity contribution in [3.63, 3.8) is 0 Å². The SMILES string of the molecule is CCCNC(CC(=O)OCC)C1CCCC1. The van der Waals surface area contributed by atoms with Gasteiger partial charge in [0.1, 0.15) is 0 Å². The quantitative estimate of drug-likeness (QED) is 0.679. The highest BCUT2D eigenvalue weighted by Gasteiger charge is 2.26. The molecule has 1 N–H and O–H groups in total. The second-order valence-corrected chi connectivity index (χ2v) is 4.61. The summed E-state index contributed by atoms with van der Waals surface area (Å²) in [7, 11) is 0. The molecule has 0 aromatic heterocycles. The minimum Gasteiger partial charge on any atom is -0.466 e. The summed E-state index contributed by atoms with van der Waals surface area (Å²) in [6.45, 7) is 5.51. The first kappa shape index (κ1) is 13.5. The second-order valence-electron chi connectivity index (χ2n) is 4.61. The lowest BCUT2D eigenvalue weighted by atomic mass is 9.95. The molecular weight excluding hydrogens is 202 g/mol. The van der Waals surface area contributed by atoms with Crippen LogP contribution in [0.4, 0.5) is 0 Å². The molecule has 0 bridgehead atoms. The minimum absolute atomic E-state index is 0.0528. The van der Waals surface area contributed by atoms with Gasteiger partial charge in [-0.25, -0.2) is 0 Å². The van der Waals surface area contributed by atoms with E-state index < -0.39 is 0 Å². The zero-order valence-corrected chi connectivity index (χ0v) is 10.6. The Labute approximate surface area is 98.9 Å². The van der Waals surface area contributed by atoms with Gasteiger partial charge < -0.3 is 10.1 Å². The molecule has 3 nitrogen and oxygen atoms in total. The summed E-state index contributed by atoms with van der Waals surface area (Å²) in [5.41, 5.74) is 0. The van der Waals surface area contributed by atoms with Gasteiger partial charge in [-0.1, -0.05) is 19.8 Å². The van der Waals surface area contributed by atoms with Crippen molar-refractivity contribution >= 4 is 5.97 Å². The number of nitrogens with one attached hydrogen (secondary N) is 1. The maximum atomic E-state index is 11.5. The summed E-state index contributed by atoms with van der Waals surface area (Å²) in [6.07, 6.45) is 6.82. The average Bonchev–Trinajstić information content (AvgIpc) is 2.77. The molecule has 1 saturated carbocycles. The van der Waals surface area contributed by atoms with Crippen LogP contribution in [0.15, 0.2) is 0 Å². The summed E-state index contributed by atoms with van der Waals surface area (Å²) in [5, 5.41) is 3.50. The van der Waals surface area contributed by atoms with E-state index in [1.807, 2.05) is 6.92 Å². The Morgan fingerprint density at radius 2 is 2.06 bits per heavy atom. The summed E-state index contributed by atoms with van der Waals surface area (Å²) >= 11 is 0. The van der Waals surface area contributed by atoms with Gasteiger partial charge in [0.25, 0.3) is 0 Å². The number of carbonyl (C=O) groups excluding carboxylic acids is 1. The number of carbonyl (C=O) groups is 1. The van der Waals surface area contributed by atoms with Crippen LogP contribution in [0.25, 0.3) is 0 Å². The molecule has 0 amide bonds. The molecule has 1 fully saturated rings. The van der Waals surface area contributed by atoms with Gasteiger partial charge in [0.2, 0.25) is 0 Å². The number of hydrogen-bond donors (Lipinski definition) is 1. The largest absolute Gasteiger partial charge is 0.466 e. The van der Waals surface area contributed by atoms with Crippen molar-refractivity contribution in [2.24, 2.45) is 5.92 Å². The molecule has 0 spiro atoms. The third kappa shape index (κ3) is 4.52. The van der Waals surface area contributed by atoms with Crippen LogP contribution >= 0.6 is 0 Å². The summed E-state index contributed by atoms with van der Waals surface area (Å²) in [6, 6.07) is 0.335. The molecule has 0 saturated heterocycles. The normalized spacial score (nSPS) is 18.6. The molecule has 3 heteroatoms. The van der Waals surface area contributed by atoms with E-state index in [4.69, 9.17) is 4.74 Å². The highest BCUT2D eigenvalue weighted by atomic mass is 16.5. The zero-order chi connectivity index (χ0) is 11.8. The average molecular weight is 227 g/mol. The lowest BCUT2D eigenvalue weighted by Gasteiger charge is -2.23. The van der Waals surface area contributed by atoms with Crippen LogP contribution in [0.1, 0.15) is 52.4 Å². The van der Waals surface area contributed by atoms with Crippen molar-refractivity contribution in [2.75, 3.05) is 13.2 Å². The number of hydrogen-bond acceptors (Lipinski definition) is 3. The second kappa shape index (κ2) is 7.66. The molecule has 16 heavy (non-hydrogen) atoms. The van der Waals surface area contributed by atoms with Gasteiger partial charge in [-0.2, -0.15) is 0 Å². The lowest BCUT2D eigenvalue weighted by molar-refractivity contribution is -0.144. The Bertz CT molecular complexity index is 200. The van der Waals surface area contributed by atoms with E-state index in [-0.39, 0.29) is 5.97 Å². The predicted octanol–water partition coefficient (Wildman–Crippen LogP) is 2.50. The standard InChI is InChI=1S/C13H25NO2/c1-3-9-14-12(10-13(15)16-4-2)11-7-5-6-8-11/h11-12,14H,3-10H2,1-2H3. The Hall–Kier alpha value is -0.570. The van der Waals surface area contributed by atoms with E-state index in [1.165, 1.54) is 25.7 Å². The third-order valence-electron chi connectivity index (χ3n) is 3.32. The van der Waals surface area contributed by atoms with Crippen LogP contribution < -0.4 is 5.32 Å². The van der Waals surface area contributed by atoms with E-state index in [9.17, 15) is 4.79 Å². The van der Waals surface area contributed by atoms with Crippen LogP contribution in [0.3, 0.4) is 0 Å². The number of esters is 1. The van der Waals surface area contributed by atoms with Gasteiger partial charge in [-0.3, -0.25) is 4.79 Å². The Balaban J connectivity index is 2.39. The topological polar surface area (TPSA) is 38.3 Å². The third-order valence-corrected chi connectivity index (χ3v) is 3.32. The van der Waals surface area contributed by atoms with E-state index in [1.54, 1.807) is 0 Å². The van der Waals surface area contributed by atoms with Crippen LogP contribution in [0, 0.1) is 5.92 Å². The van der Waals surface area contributed by atoms with Crippen LogP contribution in [0.2, 0.25) is 0 Å². The van der Waals surface area contributed by atoms with Crippen LogP contribution in [-0.2, 0) is 9.53 Å². The van der Waals surface area contributed by atoms with E-state index in [2.05, 4.69) is 12.2 Å². The van der Waals surface area contributed by atoms with Crippen molar-refractivity contribution in [2.45, 2.75) is 58.4 Å². The Morgan fingerprint density at radius 3 is 2.62 bits per heavy atom. The van der Waals surface area contributed by atoms with Gasteiger partial charge in [0.05, 0.1) is 13.0 Å².